The van der Waals surface area contributed by atoms with E-state index in [0.717, 1.165) is 21.5 Å². The molecule has 0 amide bonds. The number of aryl methyl sites for hydroxylation is 2. The van der Waals surface area contributed by atoms with Crippen LogP contribution in [0.4, 0.5) is 5.69 Å². The zero-order valence-electron chi connectivity index (χ0n) is 11.6. The molecule has 0 aliphatic heterocycles. The van der Waals surface area contributed by atoms with Gasteiger partial charge in [-0.1, -0.05) is 23.9 Å². The summed E-state index contributed by atoms with van der Waals surface area (Å²) >= 11 is 1.72. The third-order valence-electron chi connectivity index (χ3n) is 3.35. The molecule has 2 N–H and O–H groups in total. The van der Waals surface area contributed by atoms with E-state index in [0.29, 0.717) is 0 Å². The van der Waals surface area contributed by atoms with Crippen LogP contribution in [0.2, 0.25) is 0 Å². The van der Waals surface area contributed by atoms with E-state index in [9.17, 15) is 0 Å². The predicted octanol–water partition coefficient (Wildman–Crippen LogP) is 4.59. The molecule has 0 saturated carbocycles. The van der Waals surface area contributed by atoms with Crippen molar-refractivity contribution < 1.29 is 0 Å². The van der Waals surface area contributed by atoms with E-state index in [1.54, 1.807) is 18.0 Å². The monoisotopic (exact) mass is 280 g/mol. The van der Waals surface area contributed by atoms with Crippen molar-refractivity contribution in [2.24, 2.45) is 0 Å². The highest BCUT2D eigenvalue weighted by molar-refractivity contribution is 7.99. The molecule has 0 fully saturated rings. The van der Waals surface area contributed by atoms with Crippen LogP contribution in [0.15, 0.2) is 58.5 Å². The van der Waals surface area contributed by atoms with Gasteiger partial charge in [0.1, 0.15) is 0 Å². The van der Waals surface area contributed by atoms with Crippen LogP contribution in [-0.2, 0) is 0 Å². The Bertz CT molecular complexity index is 781. The van der Waals surface area contributed by atoms with E-state index in [1.165, 1.54) is 16.0 Å². The molecule has 2 nitrogen and oxygen atoms in total. The standard InChI is InChI=1S/C17H16N2S/c1-11-5-6-12(2)16(10-11)20-15-8-7-14-13(17(15)18)4-3-9-19-14/h3-10H,18H2,1-2H3. The summed E-state index contributed by atoms with van der Waals surface area (Å²) in [5.74, 6) is 0. The minimum Gasteiger partial charge on any atom is -0.397 e. The Morgan fingerprint density at radius 1 is 1.00 bits per heavy atom. The van der Waals surface area contributed by atoms with Crippen LogP contribution in [0.5, 0.6) is 0 Å². The second-order valence-corrected chi connectivity index (χ2v) is 6.00. The second-order valence-electron chi connectivity index (χ2n) is 4.92. The molecule has 0 saturated heterocycles. The lowest BCUT2D eigenvalue weighted by Gasteiger charge is -2.10. The fourth-order valence-corrected chi connectivity index (χ4v) is 3.25. The molecule has 0 bridgehead atoms. The van der Waals surface area contributed by atoms with E-state index in [2.05, 4.69) is 43.1 Å². The van der Waals surface area contributed by atoms with E-state index in [-0.39, 0.29) is 0 Å². The van der Waals surface area contributed by atoms with Gasteiger partial charge in [-0.3, -0.25) is 4.98 Å². The summed E-state index contributed by atoms with van der Waals surface area (Å²) in [7, 11) is 0. The zero-order valence-corrected chi connectivity index (χ0v) is 12.4. The molecule has 3 rings (SSSR count). The van der Waals surface area contributed by atoms with Gasteiger partial charge in [0, 0.05) is 21.4 Å². The topological polar surface area (TPSA) is 38.9 Å². The normalized spacial score (nSPS) is 10.9. The molecule has 100 valence electrons. The van der Waals surface area contributed by atoms with Gasteiger partial charge in [-0.25, -0.2) is 0 Å². The Morgan fingerprint density at radius 2 is 1.85 bits per heavy atom. The molecule has 0 unspecified atom stereocenters. The van der Waals surface area contributed by atoms with Gasteiger partial charge in [0.15, 0.2) is 0 Å². The van der Waals surface area contributed by atoms with Gasteiger partial charge in [0.25, 0.3) is 0 Å². The molecule has 0 atom stereocenters. The number of aromatic nitrogens is 1. The van der Waals surface area contributed by atoms with Crippen molar-refractivity contribution in [2.45, 2.75) is 23.6 Å². The van der Waals surface area contributed by atoms with E-state index in [4.69, 9.17) is 5.73 Å². The maximum absolute atomic E-state index is 6.29. The van der Waals surface area contributed by atoms with Gasteiger partial charge in [-0.15, -0.1) is 0 Å². The molecule has 2 aromatic carbocycles. The highest BCUT2D eigenvalue weighted by atomic mass is 32.2. The summed E-state index contributed by atoms with van der Waals surface area (Å²) in [6.45, 7) is 4.23. The SMILES string of the molecule is Cc1ccc(C)c(Sc2ccc3ncccc3c2N)c1. The number of nitrogens with two attached hydrogens (primary N) is 1. The molecule has 1 heterocycles. The Kier molecular flexibility index (Phi) is 3.36. The highest BCUT2D eigenvalue weighted by Crippen LogP contribution is 2.37. The van der Waals surface area contributed by atoms with Crippen molar-refractivity contribution in [3.05, 3.63) is 59.8 Å². The van der Waals surface area contributed by atoms with Gasteiger partial charge in [-0.05, 0) is 55.3 Å². The Morgan fingerprint density at radius 3 is 2.70 bits per heavy atom. The number of benzene rings is 2. The molecule has 1 aromatic heterocycles. The lowest BCUT2D eigenvalue weighted by atomic mass is 10.2. The number of rotatable bonds is 2. The first-order valence-corrected chi connectivity index (χ1v) is 7.35. The molecule has 3 aromatic rings. The quantitative estimate of drug-likeness (QED) is 0.698. The average molecular weight is 280 g/mol. The van der Waals surface area contributed by atoms with E-state index in [1.807, 2.05) is 18.2 Å². The number of nitrogens with zero attached hydrogens (tertiary/aromatic N) is 1. The van der Waals surface area contributed by atoms with Crippen molar-refractivity contribution in [3.8, 4) is 0 Å². The van der Waals surface area contributed by atoms with Crippen LogP contribution < -0.4 is 5.73 Å². The van der Waals surface area contributed by atoms with Crippen LogP contribution in [0, 0.1) is 13.8 Å². The number of nitrogen functional groups attached to an aromatic ring is 1. The van der Waals surface area contributed by atoms with Crippen LogP contribution in [0.3, 0.4) is 0 Å². The smallest absolute Gasteiger partial charge is 0.0723 e. The average Bonchev–Trinajstić information content (AvgIpc) is 2.46. The predicted molar refractivity (Wildman–Crippen MR) is 86.2 cm³/mol. The Labute approximate surface area is 123 Å². The number of hydrogen-bond acceptors (Lipinski definition) is 3. The molecule has 0 aliphatic rings. The number of hydrogen-bond donors (Lipinski definition) is 1. The lowest BCUT2D eigenvalue weighted by Crippen LogP contribution is -1.92. The van der Waals surface area contributed by atoms with Gasteiger partial charge < -0.3 is 5.73 Å². The summed E-state index contributed by atoms with van der Waals surface area (Å²) in [6.07, 6.45) is 1.79. The third-order valence-corrected chi connectivity index (χ3v) is 4.59. The first kappa shape index (κ1) is 13.0. The zero-order chi connectivity index (χ0) is 14.1. The molecule has 0 radical (unpaired) electrons. The van der Waals surface area contributed by atoms with Crippen LogP contribution >= 0.6 is 11.8 Å². The van der Waals surface area contributed by atoms with Gasteiger partial charge in [-0.2, -0.15) is 0 Å². The molecule has 0 spiro atoms. The maximum Gasteiger partial charge on any atom is 0.0723 e. The van der Waals surface area contributed by atoms with Crippen LogP contribution in [-0.4, -0.2) is 4.98 Å². The second kappa shape index (κ2) is 5.17. The van der Waals surface area contributed by atoms with E-state index < -0.39 is 0 Å². The van der Waals surface area contributed by atoms with Gasteiger partial charge in [0.05, 0.1) is 11.2 Å². The molecular formula is C17H16N2S. The Balaban J connectivity index is 2.07. The van der Waals surface area contributed by atoms with Gasteiger partial charge >= 0.3 is 0 Å². The summed E-state index contributed by atoms with van der Waals surface area (Å²) < 4.78 is 0. The minimum atomic E-state index is 0.807. The molecule has 0 aliphatic carbocycles. The fourth-order valence-electron chi connectivity index (χ4n) is 2.18. The Hall–Kier alpha value is -2.00. The summed E-state index contributed by atoms with van der Waals surface area (Å²) in [5, 5.41) is 1.02. The number of pyridine rings is 1. The molecule has 3 heteroatoms. The lowest BCUT2D eigenvalue weighted by molar-refractivity contribution is 1.25. The van der Waals surface area contributed by atoms with E-state index >= 15 is 0 Å². The fraction of sp³-hybridized carbons (Fsp3) is 0.118. The van der Waals surface area contributed by atoms with Gasteiger partial charge in [0.2, 0.25) is 0 Å². The summed E-state index contributed by atoms with van der Waals surface area (Å²) in [6, 6.07) is 14.5. The highest BCUT2D eigenvalue weighted by Gasteiger charge is 2.08. The summed E-state index contributed by atoms with van der Waals surface area (Å²) in [4.78, 5) is 6.67. The largest absolute Gasteiger partial charge is 0.397 e. The van der Waals surface area contributed by atoms with Crippen molar-refractivity contribution in [1.82, 2.24) is 4.98 Å². The third kappa shape index (κ3) is 2.37. The molecular weight excluding hydrogens is 264 g/mol. The maximum atomic E-state index is 6.29. The van der Waals surface area contributed by atoms with Crippen molar-refractivity contribution >= 4 is 28.4 Å². The van der Waals surface area contributed by atoms with Crippen molar-refractivity contribution in [2.75, 3.05) is 5.73 Å². The minimum absolute atomic E-state index is 0.807. The van der Waals surface area contributed by atoms with Crippen LogP contribution in [0.25, 0.3) is 10.9 Å². The van der Waals surface area contributed by atoms with Crippen LogP contribution in [0.1, 0.15) is 11.1 Å². The summed E-state index contributed by atoms with van der Waals surface area (Å²) in [5.41, 5.74) is 10.6. The number of anilines is 1. The number of fused-ring (bicyclic) bond motifs is 1. The first-order chi connectivity index (χ1) is 9.65. The van der Waals surface area contributed by atoms with Crippen molar-refractivity contribution in [3.63, 3.8) is 0 Å². The first-order valence-electron chi connectivity index (χ1n) is 6.53. The van der Waals surface area contributed by atoms with Crippen molar-refractivity contribution in [1.29, 1.82) is 0 Å². The molecule has 20 heavy (non-hydrogen) atoms.